The first kappa shape index (κ1) is 19.6. The lowest BCUT2D eigenvalue weighted by Crippen LogP contribution is -2.00. The van der Waals surface area contributed by atoms with E-state index in [1.165, 1.54) is 11.1 Å². The minimum absolute atomic E-state index is 0.674. The summed E-state index contributed by atoms with van der Waals surface area (Å²) in [5.74, 6) is 2.40. The summed E-state index contributed by atoms with van der Waals surface area (Å²) in [6, 6.07) is 24.1. The maximum absolute atomic E-state index is 6.21. The molecule has 3 aromatic carbocycles. The van der Waals surface area contributed by atoms with Crippen LogP contribution in [0.5, 0.6) is 5.75 Å². The first-order valence-electron chi connectivity index (χ1n) is 9.18. The Kier molecular flexibility index (Phi) is 5.88. The normalized spacial score (nSPS) is 10.9. The lowest BCUT2D eigenvalue weighted by Gasteiger charge is -2.11. The molecular weight excluding hydrogens is 402 g/mol. The Bertz CT molecular complexity index is 1110. The highest BCUT2D eigenvalue weighted by Gasteiger charge is 2.16. The fraction of sp³-hybridized carbons (Fsp3) is 0.130. The average molecular weight is 422 g/mol. The zero-order chi connectivity index (χ0) is 20.2. The second-order valence-electron chi connectivity index (χ2n) is 6.62. The fourth-order valence-corrected chi connectivity index (χ4v) is 4.07. The molecule has 0 amide bonds. The first-order chi connectivity index (χ1) is 14.1. The van der Waals surface area contributed by atoms with Gasteiger partial charge in [0.15, 0.2) is 11.0 Å². The van der Waals surface area contributed by atoms with Crippen molar-refractivity contribution in [3.8, 4) is 22.8 Å². The number of benzene rings is 3. The third-order valence-corrected chi connectivity index (χ3v) is 5.77. The smallest absolute Gasteiger partial charge is 0.196 e. The van der Waals surface area contributed by atoms with Crippen LogP contribution in [0.4, 0.5) is 0 Å². The Hall–Kier alpha value is -2.76. The van der Waals surface area contributed by atoms with E-state index in [4.69, 9.17) is 16.3 Å². The molecule has 0 radical (unpaired) electrons. The van der Waals surface area contributed by atoms with Crippen LogP contribution in [-0.4, -0.2) is 21.9 Å². The van der Waals surface area contributed by atoms with E-state index in [2.05, 4.69) is 58.1 Å². The molecule has 4 rings (SSSR count). The van der Waals surface area contributed by atoms with Crippen molar-refractivity contribution in [2.45, 2.75) is 17.8 Å². The third kappa shape index (κ3) is 4.47. The molecule has 0 atom stereocenters. The topological polar surface area (TPSA) is 39.9 Å². The summed E-state index contributed by atoms with van der Waals surface area (Å²) in [5, 5.41) is 10.5. The summed E-state index contributed by atoms with van der Waals surface area (Å²) < 4.78 is 7.32. The highest BCUT2D eigenvalue weighted by Crippen LogP contribution is 2.31. The summed E-state index contributed by atoms with van der Waals surface area (Å²) >= 11 is 7.86. The fourth-order valence-electron chi connectivity index (χ4n) is 2.97. The van der Waals surface area contributed by atoms with Gasteiger partial charge in [-0.1, -0.05) is 65.3 Å². The molecule has 0 N–H and O–H groups in total. The molecule has 4 aromatic rings. The molecule has 1 aromatic heterocycles. The van der Waals surface area contributed by atoms with Gasteiger partial charge in [0.25, 0.3) is 0 Å². The quantitative estimate of drug-likeness (QED) is 0.347. The van der Waals surface area contributed by atoms with Gasteiger partial charge < -0.3 is 4.74 Å². The molecular formula is C23H20ClN3OS. The average Bonchev–Trinajstić information content (AvgIpc) is 3.17. The molecule has 1 heterocycles. The molecule has 6 heteroatoms. The predicted molar refractivity (Wildman–Crippen MR) is 119 cm³/mol. The third-order valence-electron chi connectivity index (χ3n) is 4.54. The van der Waals surface area contributed by atoms with Gasteiger partial charge in [0.05, 0.1) is 7.11 Å². The van der Waals surface area contributed by atoms with Gasteiger partial charge in [-0.05, 0) is 48.9 Å². The Morgan fingerprint density at radius 1 is 0.966 bits per heavy atom. The van der Waals surface area contributed by atoms with Crippen molar-refractivity contribution in [1.82, 2.24) is 14.8 Å². The Morgan fingerprint density at radius 2 is 1.72 bits per heavy atom. The predicted octanol–water partition coefficient (Wildman–Crippen LogP) is 6.20. The molecule has 0 aliphatic heterocycles. The van der Waals surface area contributed by atoms with Crippen LogP contribution in [0.2, 0.25) is 5.02 Å². The van der Waals surface area contributed by atoms with Crippen molar-refractivity contribution in [3.05, 3.63) is 88.9 Å². The molecule has 4 nitrogen and oxygen atoms in total. The number of nitrogens with zero attached hydrogens (tertiary/aromatic N) is 3. The van der Waals surface area contributed by atoms with Gasteiger partial charge in [0, 0.05) is 22.0 Å². The zero-order valence-corrected chi connectivity index (χ0v) is 17.7. The molecule has 0 spiro atoms. The zero-order valence-electron chi connectivity index (χ0n) is 16.2. The van der Waals surface area contributed by atoms with Crippen LogP contribution in [0, 0.1) is 6.92 Å². The molecule has 0 aliphatic carbocycles. The maximum Gasteiger partial charge on any atom is 0.196 e. The Labute approximate surface area is 179 Å². The molecule has 0 unspecified atom stereocenters. The molecule has 0 bridgehead atoms. The van der Waals surface area contributed by atoms with Crippen molar-refractivity contribution in [1.29, 1.82) is 0 Å². The summed E-state index contributed by atoms with van der Waals surface area (Å²) in [7, 11) is 1.67. The number of aryl methyl sites for hydroxylation is 1. The van der Waals surface area contributed by atoms with E-state index in [1.807, 2.05) is 36.4 Å². The summed E-state index contributed by atoms with van der Waals surface area (Å²) in [6.45, 7) is 2.08. The van der Waals surface area contributed by atoms with Crippen LogP contribution in [-0.2, 0) is 5.75 Å². The van der Waals surface area contributed by atoms with E-state index >= 15 is 0 Å². The highest BCUT2D eigenvalue weighted by molar-refractivity contribution is 7.98. The van der Waals surface area contributed by atoms with Gasteiger partial charge in [0.2, 0.25) is 0 Å². The van der Waals surface area contributed by atoms with E-state index in [9.17, 15) is 0 Å². The number of thioether (sulfide) groups is 1. The minimum atomic E-state index is 0.674. The summed E-state index contributed by atoms with van der Waals surface area (Å²) in [4.78, 5) is 0. The number of hydrogen-bond acceptors (Lipinski definition) is 4. The van der Waals surface area contributed by atoms with Crippen molar-refractivity contribution in [3.63, 3.8) is 0 Å². The number of aromatic nitrogens is 3. The van der Waals surface area contributed by atoms with Crippen LogP contribution in [0.25, 0.3) is 17.1 Å². The largest absolute Gasteiger partial charge is 0.497 e. The van der Waals surface area contributed by atoms with Crippen LogP contribution in [0.1, 0.15) is 11.1 Å². The van der Waals surface area contributed by atoms with Gasteiger partial charge in [-0.2, -0.15) is 0 Å². The second-order valence-corrected chi connectivity index (χ2v) is 8.00. The van der Waals surface area contributed by atoms with Crippen molar-refractivity contribution in [2.75, 3.05) is 7.11 Å². The van der Waals surface area contributed by atoms with Crippen LogP contribution >= 0.6 is 23.4 Å². The van der Waals surface area contributed by atoms with Gasteiger partial charge in [-0.3, -0.25) is 4.57 Å². The van der Waals surface area contributed by atoms with E-state index < -0.39 is 0 Å². The summed E-state index contributed by atoms with van der Waals surface area (Å²) in [6.07, 6.45) is 0. The standard InChI is InChI=1S/C23H20ClN3OS/c1-16-6-10-20(11-7-16)27-22(18-4-3-5-19(24)14-18)25-26-23(27)29-15-17-8-12-21(28-2)13-9-17/h3-14H,15H2,1-2H3. The minimum Gasteiger partial charge on any atom is -0.497 e. The highest BCUT2D eigenvalue weighted by atomic mass is 35.5. The van der Waals surface area contributed by atoms with Crippen LogP contribution < -0.4 is 4.74 Å². The Balaban J connectivity index is 1.70. The number of ether oxygens (including phenoxy) is 1. The first-order valence-corrected chi connectivity index (χ1v) is 10.5. The van der Waals surface area contributed by atoms with E-state index in [-0.39, 0.29) is 0 Å². The van der Waals surface area contributed by atoms with Gasteiger partial charge in [-0.15, -0.1) is 10.2 Å². The molecule has 29 heavy (non-hydrogen) atoms. The van der Waals surface area contributed by atoms with E-state index in [0.717, 1.165) is 33.7 Å². The van der Waals surface area contributed by atoms with E-state index in [1.54, 1.807) is 18.9 Å². The summed E-state index contributed by atoms with van der Waals surface area (Å²) in [5.41, 5.74) is 4.35. The van der Waals surface area contributed by atoms with Gasteiger partial charge in [0.1, 0.15) is 5.75 Å². The second kappa shape index (κ2) is 8.72. The number of rotatable bonds is 6. The van der Waals surface area contributed by atoms with Crippen LogP contribution in [0.15, 0.2) is 78.0 Å². The monoisotopic (exact) mass is 421 g/mol. The molecule has 0 aliphatic rings. The molecule has 0 saturated heterocycles. The van der Waals surface area contributed by atoms with Crippen LogP contribution in [0.3, 0.4) is 0 Å². The lowest BCUT2D eigenvalue weighted by molar-refractivity contribution is 0.414. The van der Waals surface area contributed by atoms with Crippen molar-refractivity contribution in [2.24, 2.45) is 0 Å². The molecule has 0 fully saturated rings. The lowest BCUT2D eigenvalue weighted by atomic mass is 10.2. The number of halogens is 1. The van der Waals surface area contributed by atoms with Crippen molar-refractivity contribution >= 4 is 23.4 Å². The van der Waals surface area contributed by atoms with Crippen molar-refractivity contribution < 1.29 is 4.74 Å². The SMILES string of the molecule is COc1ccc(CSc2nnc(-c3cccc(Cl)c3)n2-c2ccc(C)cc2)cc1. The maximum atomic E-state index is 6.21. The number of hydrogen-bond donors (Lipinski definition) is 0. The van der Waals surface area contributed by atoms with Gasteiger partial charge >= 0.3 is 0 Å². The Morgan fingerprint density at radius 3 is 2.41 bits per heavy atom. The molecule has 0 saturated carbocycles. The molecule has 146 valence electrons. The van der Waals surface area contributed by atoms with E-state index in [0.29, 0.717) is 5.02 Å². The van der Waals surface area contributed by atoms with Gasteiger partial charge in [-0.25, -0.2) is 0 Å². The number of methoxy groups -OCH3 is 1.